The summed E-state index contributed by atoms with van der Waals surface area (Å²) in [7, 11) is 0. The SMILES string of the molecule is CC(C)OCCOCC(O)CNc1ccc2c(c1)OCO2. The third kappa shape index (κ3) is 5.41. The molecular formula is C15H23NO5. The van der Waals surface area contributed by atoms with Crippen LogP contribution >= 0.6 is 0 Å². The van der Waals surface area contributed by atoms with Crippen LogP contribution in [-0.4, -0.2) is 50.5 Å². The van der Waals surface area contributed by atoms with Gasteiger partial charge in [-0.3, -0.25) is 0 Å². The predicted molar refractivity (Wildman–Crippen MR) is 79.0 cm³/mol. The second-order valence-electron chi connectivity index (χ2n) is 5.10. The van der Waals surface area contributed by atoms with Gasteiger partial charge in [-0.25, -0.2) is 0 Å². The Bertz CT molecular complexity index is 438. The Hall–Kier alpha value is -1.50. The number of hydrogen-bond donors (Lipinski definition) is 2. The lowest BCUT2D eigenvalue weighted by Gasteiger charge is -2.14. The summed E-state index contributed by atoms with van der Waals surface area (Å²) in [5, 5.41) is 13.0. The molecule has 6 nitrogen and oxygen atoms in total. The van der Waals surface area contributed by atoms with E-state index in [9.17, 15) is 5.11 Å². The minimum atomic E-state index is -0.575. The van der Waals surface area contributed by atoms with Crippen LogP contribution < -0.4 is 14.8 Å². The average molecular weight is 297 g/mol. The van der Waals surface area contributed by atoms with Crippen molar-refractivity contribution in [1.82, 2.24) is 0 Å². The molecule has 1 aliphatic rings. The van der Waals surface area contributed by atoms with Crippen molar-refractivity contribution < 1.29 is 24.1 Å². The van der Waals surface area contributed by atoms with Crippen molar-refractivity contribution in [1.29, 1.82) is 0 Å². The summed E-state index contributed by atoms with van der Waals surface area (Å²) in [5.74, 6) is 1.46. The molecule has 0 amide bonds. The first-order valence-corrected chi connectivity index (χ1v) is 7.16. The summed E-state index contributed by atoms with van der Waals surface area (Å²) < 4.78 is 21.2. The fourth-order valence-electron chi connectivity index (χ4n) is 1.86. The number of fused-ring (bicyclic) bond motifs is 1. The topological polar surface area (TPSA) is 69.2 Å². The maximum atomic E-state index is 9.83. The number of ether oxygens (including phenoxy) is 4. The zero-order chi connectivity index (χ0) is 15.1. The number of benzene rings is 1. The second kappa shape index (κ2) is 8.07. The Morgan fingerprint density at radius 2 is 2.05 bits per heavy atom. The van der Waals surface area contributed by atoms with Crippen molar-refractivity contribution in [3.8, 4) is 11.5 Å². The molecule has 2 N–H and O–H groups in total. The minimum Gasteiger partial charge on any atom is -0.454 e. The molecule has 0 radical (unpaired) electrons. The summed E-state index contributed by atoms with van der Waals surface area (Å²) in [6, 6.07) is 5.58. The highest BCUT2D eigenvalue weighted by molar-refractivity contribution is 5.55. The van der Waals surface area contributed by atoms with Gasteiger partial charge >= 0.3 is 0 Å². The quantitative estimate of drug-likeness (QED) is 0.675. The largest absolute Gasteiger partial charge is 0.454 e. The molecule has 1 aliphatic heterocycles. The van der Waals surface area contributed by atoms with Crippen LogP contribution in [0.3, 0.4) is 0 Å². The van der Waals surface area contributed by atoms with E-state index in [1.807, 2.05) is 32.0 Å². The number of anilines is 1. The van der Waals surface area contributed by atoms with Gasteiger partial charge in [0.1, 0.15) is 0 Å². The zero-order valence-electron chi connectivity index (χ0n) is 12.5. The van der Waals surface area contributed by atoms with Gasteiger partial charge in [-0.2, -0.15) is 0 Å². The van der Waals surface area contributed by atoms with Crippen molar-refractivity contribution in [2.45, 2.75) is 26.1 Å². The lowest BCUT2D eigenvalue weighted by Crippen LogP contribution is -2.25. The first-order chi connectivity index (χ1) is 10.1. The molecule has 6 heteroatoms. The standard InChI is InChI=1S/C15H23NO5/c1-11(2)19-6-5-18-9-13(17)8-16-12-3-4-14-15(7-12)21-10-20-14/h3-4,7,11,13,16-17H,5-6,8-10H2,1-2H3. The molecule has 21 heavy (non-hydrogen) atoms. The lowest BCUT2D eigenvalue weighted by molar-refractivity contribution is -0.00734. The molecule has 0 aromatic heterocycles. The molecule has 0 bridgehead atoms. The summed E-state index contributed by atoms with van der Waals surface area (Å²) in [5.41, 5.74) is 0.876. The minimum absolute atomic E-state index is 0.200. The third-order valence-electron chi connectivity index (χ3n) is 2.90. The van der Waals surface area contributed by atoms with Crippen LogP contribution in [0.15, 0.2) is 18.2 Å². The first kappa shape index (κ1) is 15.9. The molecule has 0 fully saturated rings. The number of rotatable bonds is 9. The van der Waals surface area contributed by atoms with Gasteiger partial charge in [0.25, 0.3) is 0 Å². The van der Waals surface area contributed by atoms with E-state index in [0.717, 1.165) is 17.2 Å². The van der Waals surface area contributed by atoms with E-state index in [-0.39, 0.29) is 19.5 Å². The van der Waals surface area contributed by atoms with Crippen LogP contribution in [0.4, 0.5) is 5.69 Å². The molecule has 0 saturated carbocycles. The van der Waals surface area contributed by atoms with Crippen molar-refractivity contribution in [3.63, 3.8) is 0 Å². The van der Waals surface area contributed by atoms with E-state index < -0.39 is 6.10 Å². The van der Waals surface area contributed by atoms with Gasteiger partial charge in [0, 0.05) is 18.3 Å². The number of aliphatic hydroxyl groups is 1. The number of nitrogens with one attached hydrogen (secondary N) is 1. The van der Waals surface area contributed by atoms with Crippen LogP contribution in [0, 0.1) is 0 Å². The zero-order valence-corrected chi connectivity index (χ0v) is 12.5. The van der Waals surface area contributed by atoms with E-state index in [1.54, 1.807) is 0 Å². The highest BCUT2D eigenvalue weighted by atomic mass is 16.7. The number of aliphatic hydroxyl groups excluding tert-OH is 1. The Morgan fingerprint density at radius 3 is 2.86 bits per heavy atom. The Balaban J connectivity index is 1.61. The molecular weight excluding hydrogens is 274 g/mol. The summed E-state index contributed by atoms with van der Waals surface area (Å²) in [6.45, 7) is 5.92. The van der Waals surface area contributed by atoms with Gasteiger partial charge in [0.15, 0.2) is 11.5 Å². The van der Waals surface area contributed by atoms with Crippen molar-refractivity contribution in [2.24, 2.45) is 0 Å². The van der Waals surface area contributed by atoms with Crippen LogP contribution in [0.1, 0.15) is 13.8 Å². The van der Waals surface area contributed by atoms with E-state index in [1.165, 1.54) is 0 Å². The van der Waals surface area contributed by atoms with Gasteiger partial charge in [0.05, 0.1) is 32.0 Å². The lowest BCUT2D eigenvalue weighted by atomic mass is 10.2. The van der Waals surface area contributed by atoms with Crippen molar-refractivity contribution in [3.05, 3.63) is 18.2 Å². The second-order valence-corrected chi connectivity index (χ2v) is 5.10. The van der Waals surface area contributed by atoms with Gasteiger partial charge in [0.2, 0.25) is 6.79 Å². The molecule has 0 saturated heterocycles. The van der Waals surface area contributed by atoms with Crippen LogP contribution in [0.25, 0.3) is 0 Å². The maximum Gasteiger partial charge on any atom is 0.231 e. The van der Waals surface area contributed by atoms with Crippen LogP contribution in [-0.2, 0) is 9.47 Å². The normalized spacial score (nSPS) is 14.5. The Labute approximate surface area is 125 Å². The molecule has 1 atom stereocenters. The fourth-order valence-corrected chi connectivity index (χ4v) is 1.86. The van der Waals surface area contributed by atoms with Gasteiger partial charge in [-0.15, -0.1) is 0 Å². The fraction of sp³-hybridized carbons (Fsp3) is 0.600. The van der Waals surface area contributed by atoms with Crippen molar-refractivity contribution in [2.75, 3.05) is 38.5 Å². The van der Waals surface area contributed by atoms with E-state index in [0.29, 0.717) is 19.8 Å². The van der Waals surface area contributed by atoms with Gasteiger partial charge < -0.3 is 29.4 Å². The Morgan fingerprint density at radius 1 is 1.24 bits per heavy atom. The van der Waals surface area contributed by atoms with Gasteiger partial charge in [-0.1, -0.05) is 0 Å². The van der Waals surface area contributed by atoms with E-state index in [4.69, 9.17) is 18.9 Å². The van der Waals surface area contributed by atoms with Crippen molar-refractivity contribution >= 4 is 5.69 Å². The molecule has 1 heterocycles. The summed E-state index contributed by atoms with van der Waals surface area (Å²) in [4.78, 5) is 0. The van der Waals surface area contributed by atoms with E-state index >= 15 is 0 Å². The van der Waals surface area contributed by atoms with Crippen LogP contribution in [0.5, 0.6) is 11.5 Å². The summed E-state index contributed by atoms with van der Waals surface area (Å²) in [6.07, 6.45) is -0.374. The third-order valence-corrected chi connectivity index (χ3v) is 2.90. The summed E-state index contributed by atoms with van der Waals surface area (Å²) >= 11 is 0. The highest BCUT2D eigenvalue weighted by Gasteiger charge is 2.13. The maximum absolute atomic E-state index is 9.83. The molecule has 2 rings (SSSR count). The Kier molecular flexibility index (Phi) is 6.10. The molecule has 0 aliphatic carbocycles. The van der Waals surface area contributed by atoms with Crippen LogP contribution in [0.2, 0.25) is 0 Å². The molecule has 0 spiro atoms. The molecule has 1 aromatic carbocycles. The smallest absolute Gasteiger partial charge is 0.231 e. The van der Waals surface area contributed by atoms with Gasteiger partial charge in [-0.05, 0) is 26.0 Å². The first-order valence-electron chi connectivity index (χ1n) is 7.16. The number of hydrogen-bond acceptors (Lipinski definition) is 6. The highest BCUT2D eigenvalue weighted by Crippen LogP contribution is 2.34. The molecule has 118 valence electrons. The monoisotopic (exact) mass is 297 g/mol. The molecule has 1 unspecified atom stereocenters. The van der Waals surface area contributed by atoms with E-state index in [2.05, 4.69) is 5.32 Å². The average Bonchev–Trinajstić information content (AvgIpc) is 2.92. The molecule has 1 aromatic rings. The predicted octanol–water partition coefficient (Wildman–Crippen LogP) is 1.63.